The van der Waals surface area contributed by atoms with Gasteiger partial charge in [0.25, 0.3) is 0 Å². The number of benzene rings is 1. The molecule has 0 saturated carbocycles. The standard InChI is InChI=1S/C13H20O3/c1-4-9-15-11-7-6-8-12(13(11)14-3)16-10-5-2/h6-8H,4-5,9-10H2,1-3H3. The summed E-state index contributed by atoms with van der Waals surface area (Å²) in [6.45, 7) is 5.52. The zero-order chi connectivity index (χ0) is 11.8. The third kappa shape index (κ3) is 3.33. The monoisotopic (exact) mass is 224 g/mol. The van der Waals surface area contributed by atoms with Crippen LogP contribution in [0.25, 0.3) is 0 Å². The number of hydrogen-bond acceptors (Lipinski definition) is 3. The van der Waals surface area contributed by atoms with E-state index in [1.807, 2.05) is 18.2 Å². The van der Waals surface area contributed by atoms with Crippen LogP contribution < -0.4 is 14.2 Å². The summed E-state index contributed by atoms with van der Waals surface area (Å²) in [4.78, 5) is 0. The van der Waals surface area contributed by atoms with Crippen molar-refractivity contribution in [2.45, 2.75) is 26.7 Å². The fourth-order valence-corrected chi connectivity index (χ4v) is 1.35. The number of rotatable bonds is 7. The van der Waals surface area contributed by atoms with Crippen LogP contribution in [0.4, 0.5) is 0 Å². The van der Waals surface area contributed by atoms with Crippen molar-refractivity contribution in [2.24, 2.45) is 0 Å². The van der Waals surface area contributed by atoms with Gasteiger partial charge in [-0.25, -0.2) is 0 Å². The molecule has 0 atom stereocenters. The highest BCUT2D eigenvalue weighted by Crippen LogP contribution is 2.36. The van der Waals surface area contributed by atoms with Gasteiger partial charge in [-0.15, -0.1) is 0 Å². The van der Waals surface area contributed by atoms with Gasteiger partial charge in [-0.3, -0.25) is 0 Å². The molecule has 16 heavy (non-hydrogen) atoms. The quantitative estimate of drug-likeness (QED) is 0.711. The van der Waals surface area contributed by atoms with Crippen LogP contribution in [0.5, 0.6) is 17.2 Å². The van der Waals surface area contributed by atoms with Gasteiger partial charge in [-0.2, -0.15) is 0 Å². The smallest absolute Gasteiger partial charge is 0.203 e. The molecule has 0 saturated heterocycles. The summed E-state index contributed by atoms with van der Waals surface area (Å²) in [6.07, 6.45) is 1.95. The number of methoxy groups -OCH3 is 1. The lowest BCUT2D eigenvalue weighted by Crippen LogP contribution is -2.01. The summed E-state index contributed by atoms with van der Waals surface area (Å²) in [7, 11) is 1.63. The average Bonchev–Trinajstić information content (AvgIpc) is 2.33. The van der Waals surface area contributed by atoms with Crippen LogP contribution in [0, 0.1) is 0 Å². The zero-order valence-corrected chi connectivity index (χ0v) is 10.3. The van der Waals surface area contributed by atoms with Crippen LogP contribution >= 0.6 is 0 Å². The summed E-state index contributed by atoms with van der Waals surface area (Å²) in [5.74, 6) is 2.18. The Morgan fingerprint density at radius 1 is 0.938 bits per heavy atom. The Morgan fingerprint density at radius 2 is 1.44 bits per heavy atom. The minimum Gasteiger partial charge on any atom is -0.490 e. The van der Waals surface area contributed by atoms with E-state index >= 15 is 0 Å². The third-order valence-corrected chi connectivity index (χ3v) is 2.07. The topological polar surface area (TPSA) is 27.7 Å². The second-order valence-electron chi connectivity index (χ2n) is 3.48. The maximum Gasteiger partial charge on any atom is 0.203 e. The van der Waals surface area contributed by atoms with E-state index in [1.165, 1.54) is 0 Å². The van der Waals surface area contributed by atoms with Crippen molar-refractivity contribution < 1.29 is 14.2 Å². The molecule has 1 rings (SSSR count). The van der Waals surface area contributed by atoms with Crippen molar-refractivity contribution in [3.8, 4) is 17.2 Å². The van der Waals surface area contributed by atoms with Crippen molar-refractivity contribution in [3.63, 3.8) is 0 Å². The van der Waals surface area contributed by atoms with Crippen molar-refractivity contribution in [3.05, 3.63) is 18.2 Å². The Bertz CT molecular complexity index is 284. The van der Waals surface area contributed by atoms with E-state index in [9.17, 15) is 0 Å². The first-order chi connectivity index (χ1) is 7.83. The molecule has 0 aliphatic heterocycles. The SMILES string of the molecule is CCCOc1cccc(OCCC)c1OC. The summed E-state index contributed by atoms with van der Waals surface area (Å²) >= 11 is 0. The second kappa shape index (κ2) is 6.99. The number of hydrogen-bond donors (Lipinski definition) is 0. The lowest BCUT2D eigenvalue weighted by Gasteiger charge is -2.14. The molecule has 0 spiro atoms. The lowest BCUT2D eigenvalue weighted by molar-refractivity contribution is 0.267. The molecule has 0 amide bonds. The van der Waals surface area contributed by atoms with Crippen molar-refractivity contribution in [2.75, 3.05) is 20.3 Å². The molecule has 0 aromatic heterocycles. The first kappa shape index (κ1) is 12.7. The Morgan fingerprint density at radius 3 is 1.81 bits per heavy atom. The highest BCUT2D eigenvalue weighted by atomic mass is 16.5. The highest BCUT2D eigenvalue weighted by Gasteiger charge is 2.10. The number of ether oxygens (including phenoxy) is 3. The molecule has 90 valence electrons. The van der Waals surface area contributed by atoms with Crippen LogP contribution in [-0.4, -0.2) is 20.3 Å². The molecule has 0 fully saturated rings. The Balaban J connectivity index is 2.82. The van der Waals surface area contributed by atoms with Gasteiger partial charge in [-0.1, -0.05) is 19.9 Å². The van der Waals surface area contributed by atoms with E-state index in [-0.39, 0.29) is 0 Å². The Kier molecular flexibility index (Phi) is 5.54. The van der Waals surface area contributed by atoms with Crippen molar-refractivity contribution in [1.82, 2.24) is 0 Å². The summed E-state index contributed by atoms with van der Waals surface area (Å²) in [6, 6.07) is 5.71. The molecule has 0 heterocycles. The predicted molar refractivity (Wildman–Crippen MR) is 64.6 cm³/mol. The molecule has 1 aromatic rings. The van der Waals surface area contributed by atoms with Crippen LogP contribution in [0.1, 0.15) is 26.7 Å². The van der Waals surface area contributed by atoms with Crippen LogP contribution in [0.15, 0.2) is 18.2 Å². The van der Waals surface area contributed by atoms with Gasteiger partial charge in [0.2, 0.25) is 5.75 Å². The molecule has 0 N–H and O–H groups in total. The Labute approximate surface area is 97.3 Å². The summed E-state index contributed by atoms with van der Waals surface area (Å²) in [5.41, 5.74) is 0. The van der Waals surface area contributed by atoms with Gasteiger partial charge in [0.05, 0.1) is 20.3 Å². The van der Waals surface area contributed by atoms with E-state index in [0.717, 1.165) is 24.3 Å². The maximum atomic E-state index is 5.59. The first-order valence-electron chi connectivity index (χ1n) is 5.76. The zero-order valence-electron chi connectivity index (χ0n) is 10.3. The molecular formula is C13H20O3. The predicted octanol–water partition coefficient (Wildman–Crippen LogP) is 3.27. The van der Waals surface area contributed by atoms with Crippen LogP contribution in [0.3, 0.4) is 0 Å². The minimum atomic E-state index is 0.685. The first-order valence-corrected chi connectivity index (χ1v) is 5.76. The fourth-order valence-electron chi connectivity index (χ4n) is 1.35. The normalized spacial score (nSPS) is 9.94. The minimum absolute atomic E-state index is 0.685. The largest absolute Gasteiger partial charge is 0.490 e. The molecular weight excluding hydrogens is 204 g/mol. The van der Waals surface area contributed by atoms with E-state index in [4.69, 9.17) is 14.2 Å². The molecule has 3 nitrogen and oxygen atoms in total. The molecule has 0 bridgehead atoms. The van der Waals surface area contributed by atoms with E-state index < -0.39 is 0 Å². The van der Waals surface area contributed by atoms with Crippen molar-refractivity contribution in [1.29, 1.82) is 0 Å². The van der Waals surface area contributed by atoms with Gasteiger partial charge >= 0.3 is 0 Å². The van der Waals surface area contributed by atoms with Gasteiger partial charge in [0, 0.05) is 0 Å². The molecule has 1 aromatic carbocycles. The summed E-state index contributed by atoms with van der Waals surface area (Å²) < 4.78 is 16.5. The molecule has 0 radical (unpaired) electrons. The van der Waals surface area contributed by atoms with E-state index in [1.54, 1.807) is 7.11 Å². The van der Waals surface area contributed by atoms with Crippen LogP contribution in [0.2, 0.25) is 0 Å². The maximum absolute atomic E-state index is 5.59. The molecule has 0 unspecified atom stereocenters. The van der Waals surface area contributed by atoms with Gasteiger partial charge in [0.15, 0.2) is 11.5 Å². The van der Waals surface area contributed by atoms with Gasteiger partial charge in [0.1, 0.15) is 0 Å². The van der Waals surface area contributed by atoms with E-state index in [2.05, 4.69) is 13.8 Å². The Hall–Kier alpha value is -1.38. The molecule has 3 heteroatoms. The fraction of sp³-hybridized carbons (Fsp3) is 0.538. The highest BCUT2D eigenvalue weighted by molar-refractivity contribution is 5.51. The van der Waals surface area contributed by atoms with Crippen molar-refractivity contribution >= 4 is 0 Å². The van der Waals surface area contributed by atoms with Gasteiger partial charge in [-0.05, 0) is 25.0 Å². The van der Waals surface area contributed by atoms with E-state index in [0.29, 0.717) is 19.0 Å². The molecule has 0 aliphatic rings. The summed E-state index contributed by atoms with van der Waals surface area (Å²) in [5, 5.41) is 0. The average molecular weight is 224 g/mol. The van der Waals surface area contributed by atoms with Gasteiger partial charge < -0.3 is 14.2 Å². The third-order valence-electron chi connectivity index (χ3n) is 2.07. The number of para-hydroxylation sites is 1. The molecule has 0 aliphatic carbocycles. The second-order valence-corrected chi connectivity index (χ2v) is 3.48. The van der Waals surface area contributed by atoms with Crippen LogP contribution in [-0.2, 0) is 0 Å². The lowest BCUT2D eigenvalue weighted by atomic mass is 10.3.